The van der Waals surface area contributed by atoms with Gasteiger partial charge in [-0.25, -0.2) is 4.99 Å². The predicted octanol–water partition coefficient (Wildman–Crippen LogP) is 1.16. The van der Waals surface area contributed by atoms with E-state index < -0.39 is 0 Å². The van der Waals surface area contributed by atoms with E-state index in [0.717, 1.165) is 0 Å². The third-order valence-electron chi connectivity index (χ3n) is 1.33. The standard InChI is InChI=1S/C9H6N2O/c10-6-9(11-7-12)8-4-2-1-3-5-8/h1-5,7H. The van der Waals surface area contributed by atoms with Crippen molar-refractivity contribution in [2.45, 2.75) is 0 Å². The molecular formula is C9H6N2O. The Bertz CT molecular complexity index is 335. The molecule has 0 radical (unpaired) electrons. The number of nitriles is 1. The quantitative estimate of drug-likeness (QED) is 0.479. The van der Waals surface area contributed by atoms with Crippen LogP contribution in [0.15, 0.2) is 35.3 Å². The largest absolute Gasteiger partial charge is 0.276 e. The molecule has 1 amide bonds. The van der Waals surface area contributed by atoms with E-state index in [1.807, 2.05) is 12.1 Å². The van der Waals surface area contributed by atoms with Gasteiger partial charge in [0.2, 0.25) is 6.41 Å². The zero-order valence-electron chi connectivity index (χ0n) is 6.27. The van der Waals surface area contributed by atoms with Crippen molar-refractivity contribution in [2.75, 3.05) is 0 Å². The summed E-state index contributed by atoms with van der Waals surface area (Å²) in [5.41, 5.74) is 0.803. The maximum absolute atomic E-state index is 10.0. The monoisotopic (exact) mass is 158 g/mol. The van der Waals surface area contributed by atoms with Crippen molar-refractivity contribution >= 4 is 12.1 Å². The first-order valence-electron chi connectivity index (χ1n) is 3.35. The molecule has 12 heavy (non-hydrogen) atoms. The maximum Gasteiger partial charge on any atom is 0.234 e. The zero-order chi connectivity index (χ0) is 8.81. The fourth-order valence-electron chi connectivity index (χ4n) is 0.817. The van der Waals surface area contributed by atoms with Gasteiger partial charge >= 0.3 is 0 Å². The zero-order valence-corrected chi connectivity index (χ0v) is 6.27. The molecule has 0 saturated carbocycles. The summed E-state index contributed by atoms with van der Waals surface area (Å²) < 4.78 is 0. The summed E-state index contributed by atoms with van der Waals surface area (Å²) in [6.45, 7) is 0. The van der Waals surface area contributed by atoms with Gasteiger partial charge in [-0.3, -0.25) is 4.79 Å². The Morgan fingerprint density at radius 2 is 2.08 bits per heavy atom. The lowest BCUT2D eigenvalue weighted by Crippen LogP contribution is -1.96. The number of benzene rings is 1. The van der Waals surface area contributed by atoms with Crippen molar-refractivity contribution in [1.82, 2.24) is 0 Å². The van der Waals surface area contributed by atoms with E-state index in [1.54, 1.807) is 24.3 Å². The third-order valence-corrected chi connectivity index (χ3v) is 1.33. The summed E-state index contributed by atoms with van der Waals surface area (Å²) in [7, 11) is 0. The molecule has 0 bridgehead atoms. The van der Waals surface area contributed by atoms with Gasteiger partial charge in [0.1, 0.15) is 6.07 Å². The molecule has 1 aromatic carbocycles. The maximum atomic E-state index is 10.0. The normalized spacial score (nSPS) is 10.4. The van der Waals surface area contributed by atoms with Crippen LogP contribution >= 0.6 is 0 Å². The van der Waals surface area contributed by atoms with Crippen molar-refractivity contribution in [3.63, 3.8) is 0 Å². The topological polar surface area (TPSA) is 53.2 Å². The molecule has 0 saturated heterocycles. The van der Waals surface area contributed by atoms with Crippen LogP contribution < -0.4 is 0 Å². The van der Waals surface area contributed by atoms with Gasteiger partial charge in [0.15, 0.2) is 5.71 Å². The van der Waals surface area contributed by atoms with Gasteiger partial charge in [0.05, 0.1) is 0 Å². The Balaban J connectivity index is 3.06. The Kier molecular flexibility index (Phi) is 2.74. The first-order valence-corrected chi connectivity index (χ1v) is 3.35. The van der Waals surface area contributed by atoms with Crippen LogP contribution in [0.5, 0.6) is 0 Å². The third kappa shape index (κ3) is 1.77. The van der Waals surface area contributed by atoms with Crippen LogP contribution in [0.4, 0.5) is 0 Å². The minimum absolute atomic E-state index is 0.144. The molecule has 3 nitrogen and oxygen atoms in total. The van der Waals surface area contributed by atoms with E-state index in [1.165, 1.54) is 0 Å². The number of nitrogens with zero attached hydrogens (tertiary/aromatic N) is 2. The summed E-state index contributed by atoms with van der Waals surface area (Å²) in [5, 5.41) is 8.57. The molecule has 0 atom stereocenters. The van der Waals surface area contributed by atoms with E-state index in [0.29, 0.717) is 12.0 Å². The van der Waals surface area contributed by atoms with Crippen LogP contribution in [0.25, 0.3) is 0 Å². The molecule has 0 fully saturated rings. The molecule has 1 rings (SSSR count). The van der Waals surface area contributed by atoms with Crippen molar-refractivity contribution in [2.24, 2.45) is 4.99 Å². The molecule has 0 spiro atoms. The molecule has 0 N–H and O–H groups in total. The summed E-state index contributed by atoms with van der Waals surface area (Å²) in [6, 6.07) is 10.7. The molecular weight excluding hydrogens is 152 g/mol. The van der Waals surface area contributed by atoms with Crippen LogP contribution in [0.2, 0.25) is 0 Å². The summed E-state index contributed by atoms with van der Waals surface area (Å²) in [6.07, 6.45) is 0.367. The average Bonchev–Trinajstić information content (AvgIpc) is 2.15. The summed E-state index contributed by atoms with van der Waals surface area (Å²) >= 11 is 0. The van der Waals surface area contributed by atoms with Crippen LogP contribution in [-0.4, -0.2) is 12.1 Å². The molecule has 0 unspecified atom stereocenters. The number of hydrogen-bond donors (Lipinski definition) is 0. The van der Waals surface area contributed by atoms with Crippen LogP contribution in [-0.2, 0) is 4.79 Å². The van der Waals surface area contributed by atoms with Gasteiger partial charge in [-0.15, -0.1) is 0 Å². The van der Waals surface area contributed by atoms with Gasteiger partial charge in [-0.05, 0) is 0 Å². The van der Waals surface area contributed by atoms with Crippen molar-refractivity contribution in [3.05, 3.63) is 35.9 Å². The minimum atomic E-state index is 0.144. The predicted molar refractivity (Wildman–Crippen MR) is 44.7 cm³/mol. The first-order chi connectivity index (χ1) is 5.88. The van der Waals surface area contributed by atoms with Crippen LogP contribution in [0, 0.1) is 11.3 Å². The summed E-state index contributed by atoms with van der Waals surface area (Å²) in [5.74, 6) is 0. The second-order valence-corrected chi connectivity index (χ2v) is 2.06. The fourth-order valence-corrected chi connectivity index (χ4v) is 0.817. The summed E-state index contributed by atoms with van der Waals surface area (Å²) in [4.78, 5) is 13.4. The Morgan fingerprint density at radius 1 is 1.42 bits per heavy atom. The Morgan fingerprint density at radius 3 is 2.58 bits per heavy atom. The van der Waals surface area contributed by atoms with Crippen molar-refractivity contribution in [1.29, 1.82) is 5.26 Å². The molecule has 0 aliphatic carbocycles. The van der Waals surface area contributed by atoms with E-state index in [-0.39, 0.29) is 5.71 Å². The van der Waals surface area contributed by atoms with E-state index >= 15 is 0 Å². The number of rotatable bonds is 2. The van der Waals surface area contributed by atoms with Gasteiger partial charge < -0.3 is 0 Å². The van der Waals surface area contributed by atoms with E-state index in [9.17, 15) is 4.79 Å². The van der Waals surface area contributed by atoms with Gasteiger partial charge in [-0.2, -0.15) is 5.26 Å². The van der Waals surface area contributed by atoms with Gasteiger partial charge in [-0.1, -0.05) is 30.3 Å². The van der Waals surface area contributed by atoms with Crippen LogP contribution in [0.1, 0.15) is 5.56 Å². The first kappa shape index (κ1) is 8.15. The highest BCUT2D eigenvalue weighted by atomic mass is 16.1. The molecule has 0 aliphatic rings. The molecule has 3 heteroatoms. The Hall–Kier alpha value is -1.95. The van der Waals surface area contributed by atoms with Gasteiger partial charge in [0, 0.05) is 5.56 Å². The van der Waals surface area contributed by atoms with Gasteiger partial charge in [0.25, 0.3) is 0 Å². The second-order valence-electron chi connectivity index (χ2n) is 2.06. The molecule has 0 aliphatic heterocycles. The lowest BCUT2D eigenvalue weighted by Gasteiger charge is -1.92. The number of hydrogen-bond acceptors (Lipinski definition) is 2. The Labute approximate surface area is 70.0 Å². The number of aliphatic imine (C=N–C) groups is 1. The van der Waals surface area contributed by atoms with E-state index in [4.69, 9.17) is 5.26 Å². The van der Waals surface area contributed by atoms with Crippen molar-refractivity contribution < 1.29 is 4.79 Å². The highest BCUT2D eigenvalue weighted by molar-refractivity contribution is 6.13. The lowest BCUT2D eigenvalue weighted by atomic mass is 10.1. The smallest absolute Gasteiger partial charge is 0.234 e. The molecule has 1 aromatic rings. The number of carbonyl (C=O) groups is 1. The van der Waals surface area contributed by atoms with E-state index in [2.05, 4.69) is 4.99 Å². The minimum Gasteiger partial charge on any atom is -0.276 e. The van der Waals surface area contributed by atoms with Crippen LogP contribution in [0.3, 0.4) is 0 Å². The van der Waals surface area contributed by atoms with Crippen molar-refractivity contribution in [3.8, 4) is 6.07 Å². The highest BCUT2D eigenvalue weighted by Crippen LogP contribution is 1.99. The molecule has 58 valence electrons. The number of carbonyl (C=O) groups excluding carboxylic acids is 1. The number of amides is 1. The molecule has 0 heterocycles. The average molecular weight is 158 g/mol. The SMILES string of the molecule is N#CC(=NC=O)c1ccccc1. The lowest BCUT2D eigenvalue weighted by molar-refractivity contribution is -0.106. The molecule has 0 aromatic heterocycles. The fraction of sp³-hybridized carbons (Fsp3) is 0. The second kappa shape index (κ2) is 4.04. The highest BCUT2D eigenvalue weighted by Gasteiger charge is 1.98.